The molecular weight excluding hydrogens is 366 g/mol. The molecule has 3 heterocycles. The Labute approximate surface area is 160 Å². The minimum Gasteiger partial charge on any atom is -0.395 e. The lowest BCUT2D eigenvalue weighted by Crippen LogP contribution is -2.36. The number of hydrogen-bond acceptors (Lipinski definition) is 7. The molecule has 3 aliphatic heterocycles. The van der Waals surface area contributed by atoms with Gasteiger partial charge < -0.3 is 15.2 Å². The predicted octanol–water partition coefficient (Wildman–Crippen LogP) is 0.118. The highest BCUT2D eigenvalue weighted by Gasteiger charge is 2.38. The highest BCUT2D eigenvalue weighted by Crippen LogP contribution is 2.28. The Kier molecular flexibility index (Phi) is 4.70. The van der Waals surface area contributed by atoms with E-state index < -0.39 is 17.7 Å². The zero-order valence-electron chi connectivity index (χ0n) is 15.0. The van der Waals surface area contributed by atoms with Crippen molar-refractivity contribution in [1.29, 1.82) is 0 Å². The van der Waals surface area contributed by atoms with Gasteiger partial charge in [0.15, 0.2) is 0 Å². The Morgan fingerprint density at radius 1 is 1.07 bits per heavy atom. The molecule has 0 spiro atoms. The molecule has 1 unspecified atom stereocenters. The Balaban J connectivity index is 1.51. The number of rotatable bonds is 6. The molecule has 1 saturated heterocycles. The number of amides is 4. The minimum absolute atomic E-state index is 0.0476. The average molecular weight is 385 g/mol. The molecule has 146 valence electrons. The summed E-state index contributed by atoms with van der Waals surface area (Å²) in [4.78, 5) is 51.4. The molecule has 2 N–H and O–H groups in total. The summed E-state index contributed by atoms with van der Waals surface area (Å²) < 4.78 is 5.52. The molecule has 9 nitrogen and oxygen atoms in total. The molecule has 1 aromatic rings. The molecule has 4 amide bonds. The fourth-order valence-electron chi connectivity index (χ4n) is 3.59. The van der Waals surface area contributed by atoms with Gasteiger partial charge in [0.2, 0.25) is 0 Å². The molecule has 0 radical (unpaired) electrons. The second kappa shape index (κ2) is 7.17. The molecule has 3 aliphatic rings. The quantitative estimate of drug-likeness (QED) is 0.668. The zero-order valence-corrected chi connectivity index (χ0v) is 15.0. The van der Waals surface area contributed by atoms with Gasteiger partial charge in [0.25, 0.3) is 23.6 Å². The van der Waals surface area contributed by atoms with Gasteiger partial charge in [-0.15, -0.1) is 0 Å². The number of carbonyl (C=O) groups excluding carboxylic acids is 4. The lowest BCUT2D eigenvalue weighted by molar-refractivity contribution is -0.137. The standard InChI is InChI=1S/C19H19N3O6/c23-6-5-21-16(24)9-15(19(21)27)20-11-3-4-13-14(8-11)18(26)22(17(13)25)10-12-2-1-7-28-12/h3-4,8-9,12,20,23H,1-2,5-7,10H2. The van der Waals surface area contributed by atoms with Crippen molar-refractivity contribution in [2.45, 2.75) is 18.9 Å². The zero-order chi connectivity index (χ0) is 19.8. The van der Waals surface area contributed by atoms with Crippen molar-refractivity contribution in [3.05, 3.63) is 41.1 Å². The van der Waals surface area contributed by atoms with E-state index in [9.17, 15) is 19.2 Å². The summed E-state index contributed by atoms with van der Waals surface area (Å²) in [6.45, 7) is 0.448. The first-order valence-corrected chi connectivity index (χ1v) is 9.07. The SMILES string of the molecule is O=C1C=C(Nc2ccc3c(c2)C(=O)N(CC2CCCO2)C3=O)C(=O)N1CCO. The number of fused-ring (bicyclic) bond motifs is 1. The summed E-state index contributed by atoms with van der Waals surface area (Å²) in [5.74, 6) is -1.83. The number of β-amino-alcohol motifs (C(OH)–C–C–N with tert-alkyl or cyclic N) is 1. The van der Waals surface area contributed by atoms with Crippen LogP contribution >= 0.6 is 0 Å². The van der Waals surface area contributed by atoms with Crippen molar-refractivity contribution in [2.75, 3.05) is 31.6 Å². The molecule has 0 aliphatic carbocycles. The number of nitrogens with zero attached hydrogens (tertiary/aromatic N) is 2. The van der Waals surface area contributed by atoms with Crippen LogP contribution in [0.4, 0.5) is 5.69 Å². The molecule has 1 fully saturated rings. The van der Waals surface area contributed by atoms with E-state index in [0.29, 0.717) is 17.9 Å². The Hall–Kier alpha value is -3.04. The monoisotopic (exact) mass is 385 g/mol. The van der Waals surface area contributed by atoms with Crippen LogP contribution in [0.15, 0.2) is 30.0 Å². The van der Waals surface area contributed by atoms with Crippen molar-refractivity contribution >= 4 is 29.3 Å². The number of anilines is 1. The Morgan fingerprint density at radius 3 is 2.57 bits per heavy atom. The van der Waals surface area contributed by atoms with Crippen LogP contribution in [-0.4, -0.2) is 70.9 Å². The van der Waals surface area contributed by atoms with Crippen molar-refractivity contribution < 1.29 is 29.0 Å². The van der Waals surface area contributed by atoms with E-state index >= 15 is 0 Å². The summed E-state index contributed by atoms with van der Waals surface area (Å²) in [6, 6.07) is 4.60. The van der Waals surface area contributed by atoms with Crippen molar-refractivity contribution in [1.82, 2.24) is 9.80 Å². The third kappa shape index (κ3) is 3.08. The van der Waals surface area contributed by atoms with E-state index in [1.54, 1.807) is 6.07 Å². The van der Waals surface area contributed by atoms with Crippen LogP contribution in [0, 0.1) is 0 Å². The molecule has 4 rings (SSSR count). The molecule has 1 atom stereocenters. The van der Waals surface area contributed by atoms with E-state index in [2.05, 4.69) is 5.32 Å². The highest BCUT2D eigenvalue weighted by atomic mass is 16.5. The smallest absolute Gasteiger partial charge is 0.277 e. The second-order valence-corrected chi connectivity index (χ2v) is 6.82. The summed E-state index contributed by atoms with van der Waals surface area (Å²) in [6.07, 6.45) is 2.73. The molecule has 9 heteroatoms. The van der Waals surface area contributed by atoms with Gasteiger partial charge in [0.05, 0.1) is 36.9 Å². The molecular formula is C19H19N3O6. The Bertz CT molecular complexity index is 903. The second-order valence-electron chi connectivity index (χ2n) is 6.82. The van der Waals surface area contributed by atoms with Gasteiger partial charge in [0, 0.05) is 18.4 Å². The van der Waals surface area contributed by atoms with E-state index in [-0.39, 0.29) is 43.0 Å². The van der Waals surface area contributed by atoms with Crippen molar-refractivity contribution in [3.63, 3.8) is 0 Å². The number of carbonyl (C=O) groups is 4. The number of imide groups is 2. The first-order valence-electron chi connectivity index (χ1n) is 9.07. The van der Waals surface area contributed by atoms with Crippen LogP contribution in [0.25, 0.3) is 0 Å². The van der Waals surface area contributed by atoms with E-state index in [1.807, 2.05) is 0 Å². The van der Waals surface area contributed by atoms with Gasteiger partial charge in [-0.05, 0) is 31.0 Å². The van der Waals surface area contributed by atoms with Gasteiger partial charge in [-0.1, -0.05) is 0 Å². The van der Waals surface area contributed by atoms with Crippen LogP contribution in [0.5, 0.6) is 0 Å². The summed E-state index contributed by atoms with van der Waals surface area (Å²) in [5, 5.41) is 11.8. The fourth-order valence-corrected chi connectivity index (χ4v) is 3.59. The van der Waals surface area contributed by atoms with Gasteiger partial charge in [-0.3, -0.25) is 29.0 Å². The molecule has 0 saturated carbocycles. The topological polar surface area (TPSA) is 116 Å². The maximum absolute atomic E-state index is 12.7. The molecule has 28 heavy (non-hydrogen) atoms. The number of aliphatic hydroxyl groups excluding tert-OH is 1. The van der Waals surface area contributed by atoms with E-state index in [1.165, 1.54) is 17.0 Å². The van der Waals surface area contributed by atoms with Gasteiger partial charge in [-0.2, -0.15) is 0 Å². The third-order valence-corrected chi connectivity index (χ3v) is 4.99. The lowest BCUT2D eigenvalue weighted by atomic mass is 10.1. The summed E-state index contributed by atoms with van der Waals surface area (Å²) in [5.41, 5.74) is 1.01. The van der Waals surface area contributed by atoms with Crippen molar-refractivity contribution in [2.24, 2.45) is 0 Å². The van der Waals surface area contributed by atoms with Gasteiger partial charge in [-0.25, -0.2) is 0 Å². The van der Waals surface area contributed by atoms with Gasteiger partial charge >= 0.3 is 0 Å². The van der Waals surface area contributed by atoms with Gasteiger partial charge in [0.1, 0.15) is 5.70 Å². The van der Waals surface area contributed by atoms with E-state index in [4.69, 9.17) is 9.84 Å². The molecule has 1 aromatic carbocycles. The van der Waals surface area contributed by atoms with Crippen LogP contribution in [0.1, 0.15) is 33.6 Å². The third-order valence-electron chi connectivity index (χ3n) is 4.99. The number of ether oxygens (including phenoxy) is 1. The Morgan fingerprint density at radius 2 is 1.86 bits per heavy atom. The largest absolute Gasteiger partial charge is 0.395 e. The van der Waals surface area contributed by atoms with Crippen LogP contribution in [0.2, 0.25) is 0 Å². The minimum atomic E-state index is -0.554. The average Bonchev–Trinajstić information content (AvgIpc) is 3.34. The van der Waals surface area contributed by atoms with Crippen LogP contribution in [0.3, 0.4) is 0 Å². The van der Waals surface area contributed by atoms with Crippen molar-refractivity contribution in [3.8, 4) is 0 Å². The van der Waals surface area contributed by atoms with E-state index in [0.717, 1.165) is 23.8 Å². The maximum atomic E-state index is 12.7. The number of hydrogen-bond donors (Lipinski definition) is 2. The number of nitrogens with one attached hydrogen (secondary N) is 1. The first-order chi connectivity index (χ1) is 13.5. The number of benzene rings is 1. The predicted molar refractivity (Wildman–Crippen MR) is 96.3 cm³/mol. The summed E-state index contributed by atoms with van der Waals surface area (Å²) in [7, 11) is 0. The highest BCUT2D eigenvalue weighted by molar-refractivity contribution is 6.22. The normalized spacial score (nSPS) is 21.6. The fraction of sp³-hybridized carbons (Fsp3) is 0.368. The summed E-state index contributed by atoms with van der Waals surface area (Å²) >= 11 is 0. The van der Waals surface area contributed by atoms with Crippen LogP contribution in [-0.2, 0) is 14.3 Å². The van der Waals surface area contributed by atoms with Crippen LogP contribution < -0.4 is 5.32 Å². The maximum Gasteiger partial charge on any atom is 0.277 e. The molecule has 0 aromatic heterocycles. The number of aliphatic hydroxyl groups is 1. The first kappa shape index (κ1) is 18.3. The molecule has 0 bridgehead atoms. The lowest BCUT2D eigenvalue weighted by Gasteiger charge is -2.17.